The molecule has 1 aromatic heterocycles. The Hall–Kier alpha value is -2.92. The monoisotopic (exact) mass is 350 g/mol. The van der Waals surface area contributed by atoms with Crippen molar-refractivity contribution in [1.82, 2.24) is 10.3 Å². The summed E-state index contributed by atoms with van der Waals surface area (Å²) in [6, 6.07) is 19.3. The number of carbonyl (C=O) groups is 1. The molecule has 134 valence electrons. The number of aromatic nitrogens is 1. The maximum Gasteiger partial charge on any atom is 0.329 e. The van der Waals surface area contributed by atoms with Gasteiger partial charge in [-0.2, -0.15) is 0 Å². The van der Waals surface area contributed by atoms with Crippen molar-refractivity contribution < 1.29 is 14.3 Å². The van der Waals surface area contributed by atoms with E-state index in [2.05, 4.69) is 10.3 Å². The van der Waals surface area contributed by atoms with Crippen LogP contribution in [0.1, 0.15) is 12.5 Å². The van der Waals surface area contributed by atoms with Gasteiger partial charge in [0.2, 0.25) is 0 Å². The van der Waals surface area contributed by atoms with Gasteiger partial charge in [-0.05, 0) is 30.7 Å². The van der Waals surface area contributed by atoms with Gasteiger partial charge in [-0.15, -0.1) is 0 Å². The summed E-state index contributed by atoms with van der Waals surface area (Å²) in [6.07, 6.45) is 1.77. The number of methoxy groups -OCH3 is 1. The van der Waals surface area contributed by atoms with Crippen LogP contribution in [0.3, 0.4) is 0 Å². The minimum atomic E-state index is -0.985. The Bertz CT molecular complexity index is 877. The summed E-state index contributed by atoms with van der Waals surface area (Å²) in [5.41, 5.74) is 0.943. The van der Waals surface area contributed by atoms with Gasteiger partial charge in [0.05, 0.1) is 12.6 Å². The molecule has 0 aliphatic heterocycles. The van der Waals surface area contributed by atoms with Crippen molar-refractivity contribution in [2.24, 2.45) is 0 Å². The molecule has 0 aliphatic rings. The molecule has 3 aromatic rings. The van der Waals surface area contributed by atoms with Crippen molar-refractivity contribution >= 4 is 16.9 Å². The number of pyridine rings is 1. The second kappa shape index (κ2) is 7.97. The maximum absolute atomic E-state index is 12.4. The number of nitrogens with one attached hydrogen (secondary N) is 1. The third kappa shape index (κ3) is 4.00. The van der Waals surface area contributed by atoms with Crippen LogP contribution < -0.4 is 10.1 Å². The maximum atomic E-state index is 12.4. The quantitative estimate of drug-likeness (QED) is 0.662. The van der Waals surface area contributed by atoms with Crippen LogP contribution in [-0.4, -0.2) is 30.2 Å². The number of fused-ring (bicyclic) bond motifs is 1. The SMILES string of the molecule is COC(=O)C(C)(COc1ccccc1)NCc1cccc2cccnc12. The largest absolute Gasteiger partial charge is 0.491 e. The first-order valence-corrected chi connectivity index (χ1v) is 8.46. The van der Waals surface area contributed by atoms with Crippen LogP contribution in [0.25, 0.3) is 10.9 Å². The van der Waals surface area contributed by atoms with E-state index in [4.69, 9.17) is 9.47 Å². The van der Waals surface area contributed by atoms with E-state index in [0.717, 1.165) is 16.5 Å². The molecule has 1 unspecified atom stereocenters. The number of para-hydroxylation sites is 2. The first-order chi connectivity index (χ1) is 12.6. The van der Waals surface area contributed by atoms with Crippen molar-refractivity contribution in [3.8, 4) is 5.75 Å². The van der Waals surface area contributed by atoms with Gasteiger partial charge in [0, 0.05) is 18.1 Å². The Kier molecular flexibility index (Phi) is 5.49. The smallest absolute Gasteiger partial charge is 0.329 e. The fraction of sp³-hybridized carbons (Fsp3) is 0.238. The Balaban J connectivity index is 1.76. The van der Waals surface area contributed by atoms with Crippen LogP contribution in [0.15, 0.2) is 66.9 Å². The van der Waals surface area contributed by atoms with Crippen LogP contribution >= 0.6 is 0 Å². The number of rotatable bonds is 7. The highest BCUT2D eigenvalue weighted by Gasteiger charge is 2.35. The molecule has 0 fully saturated rings. The molecule has 0 saturated heterocycles. The molecule has 3 rings (SSSR count). The zero-order valence-corrected chi connectivity index (χ0v) is 14.9. The van der Waals surface area contributed by atoms with Crippen molar-refractivity contribution in [3.63, 3.8) is 0 Å². The van der Waals surface area contributed by atoms with E-state index in [1.165, 1.54) is 7.11 Å². The average Bonchev–Trinajstić information content (AvgIpc) is 2.71. The van der Waals surface area contributed by atoms with Gasteiger partial charge < -0.3 is 9.47 Å². The lowest BCUT2D eigenvalue weighted by Gasteiger charge is -2.28. The van der Waals surface area contributed by atoms with Gasteiger partial charge in [-0.1, -0.05) is 42.5 Å². The molecule has 1 N–H and O–H groups in total. The highest BCUT2D eigenvalue weighted by molar-refractivity contribution is 5.82. The predicted octanol–water partition coefficient (Wildman–Crippen LogP) is 3.34. The molecule has 5 nitrogen and oxygen atoms in total. The Morgan fingerprint density at radius 1 is 1.08 bits per heavy atom. The van der Waals surface area contributed by atoms with E-state index in [1.807, 2.05) is 60.7 Å². The number of hydrogen-bond donors (Lipinski definition) is 1. The molecule has 0 bridgehead atoms. The standard InChI is InChI=1S/C21H22N2O3/c1-21(20(24)25-2,15-26-18-11-4-3-5-12-18)23-14-17-9-6-8-16-10-7-13-22-19(16)17/h3-13,23H,14-15H2,1-2H3. The van der Waals surface area contributed by atoms with Gasteiger partial charge in [0.15, 0.2) is 0 Å². The van der Waals surface area contributed by atoms with Crippen LogP contribution in [-0.2, 0) is 16.1 Å². The molecule has 0 spiro atoms. The van der Waals surface area contributed by atoms with Crippen molar-refractivity contribution in [2.75, 3.05) is 13.7 Å². The minimum absolute atomic E-state index is 0.155. The van der Waals surface area contributed by atoms with E-state index in [-0.39, 0.29) is 12.6 Å². The molecule has 5 heteroatoms. The summed E-state index contributed by atoms with van der Waals surface area (Å²) in [4.78, 5) is 16.8. The summed E-state index contributed by atoms with van der Waals surface area (Å²) in [5.74, 6) is 0.331. The van der Waals surface area contributed by atoms with E-state index in [0.29, 0.717) is 12.3 Å². The van der Waals surface area contributed by atoms with Crippen LogP contribution in [0.4, 0.5) is 0 Å². The van der Waals surface area contributed by atoms with Crippen LogP contribution in [0.2, 0.25) is 0 Å². The third-order valence-electron chi connectivity index (χ3n) is 4.29. The van der Waals surface area contributed by atoms with Crippen LogP contribution in [0.5, 0.6) is 5.75 Å². The Labute approximate surface area is 153 Å². The number of ether oxygens (including phenoxy) is 2. The van der Waals surface area contributed by atoms with Gasteiger partial charge in [-0.3, -0.25) is 10.3 Å². The molecule has 2 aromatic carbocycles. The molecule has 26 heavy (non-hydrogen) atoms. The number of carbonyl (C=O) groups excluding carboxylic acids is 1. The molecule has 1 heterocycles. The highest BCUT2D eigenvalue weighted by Crippen LogP contribution is 2.18. The first-order valence-electron chi connectivity index (χ1n) is 8.46. The molecule has 0 aliphatic carbocycles. The summed E-state index contributed by atoms with van der Waals surface area (Å²) in [5, 5.41) is 4.35. The molecule has 0 radical (unpaired) electrons. The summed E-state index contributed by atoms with van der Waals surface area (Å²) in [7, 11) is 1.38. The summed E-state index contributed by atoms with van der Waals surface area (Å²) >= 11 is 0. The molecule has 0 saturated carbocycles. The van der Waals surface area contributed by atoms with Crippen molar-refractivity contribution in [1.29, 1.82) is 0 Å². The van der Waals surface area contributed by atoms with Gasteiger partial charge in [0.25, 0.3) is 0 Å². The fourth-order valence-corrected chi connectivity index (χ4v) is 2.75. The van der Waals surface area contributed by atoms with E-state index in [9.17, 15) is 4.79 Å². The molecule has 0 amide bonds. The summed E-state index contributed by atoms with van der Waals surface area (Å²) < 4.78 is 10.8. The van der Waals surface area contributed by atoms with Gasteiger partial charge in [0.1, 0.15) is 17.9 Å². The zero-order valence-electron chi connectivity index (χ0n) is 14.9. The molecule has 1 atom stereocenters. The van der Waals surface area contributed by atoms with Crippen LogP contribution in [0, 0.1) is 0 Å². The lowest BCUT2D eigenvalue weighted by atomic mass is 10.0. The second-order valence-electron chi connectivity index (χ2n) is 6.27. The third-order valence-corrected chi connectivity index (χ3v) is 4.29. The highest BCUT2D eigenvalue weighted by atomic mass is 16.5. The average molecular weight is 350 g/mol. The van der Waals surface area contributed by atoms with Gasteiger partial charge >= 0.3 is 5.97 Å². The van der Waals surface area contributed by atoms with E-state index >= 15 is 0 Å². The Morgan fingerprint density at radius 3 is 2.62 bits per heavy atom. The molecular weight excluding hydrogens is 328 g/mol. The molecular formula is C21H22N2O3. The number of nitrogens with zero attached hydrogens (tertiary/aromatic N) is 1. The van der Waals surface area contributed by atoms with Crippen molar-refractivity contribution in [2.45, 2.75) is 19.0 Å². The van der Waals surface area contributed by atoms with Gasteiger partial charge in [-0.25, -0.2) is 4.79 Å². The normalized spacial score (nSPS) is 13.2. The summed E-state index contributed by atoms with van der Waals surface area (Å²) in [6.45, 7) is 2.40. The fourth-order valence-electron chi connectivity index (χ4n) is 2.75. The minimum Gasteiger partial charge on any atom is -0.491 e. The van der Waals surface area contributed by atoms with E-state index in [1.54, 1.807) is 13.1 Å². The van der Waals surface area contributed by atoms with E-state index < -0.39 is 5.54 Å². The zero-order chi connectivity index (χ0) is 18.4. The number of benzene rings is 2. The number of esters is 1. The first kappa shape index (κ1) is 17.9. The number of hydrogen-bond acceptors (Lipinski definition) is 5. The lowest BCUT2D eigenvalue weighted by molar-refractivity contribution is -0.149. The topological polar surface area (TPSA) is 60.5 Å². The predicted molar refractivity (Wildman–Crippen MR) is 101 cm³/mol. The second-order valence-corrected chi connectivity index (χ2v) is 6.27. The van der Waals surface area contributed by atoms with Crippen molar-refractivity contribution in [3.05, 3.63) is 72.4 Å². The Morgan fingerprint density at radius 2 is 1.85 bits per heavy atom. The lowest BCUT2D eigenvalue weighted by Crippen LogP contribution is -2.54.